The number of anilines is 1. The van der Waals surface area contributed by atoms with Crippen LogP contribution in [0.15, 0.2) is 37.1 Å². The van der Waals surface area contributed by atoms with Crippen LogP contribution in [0.5, 0.6) is 0 Å². The first-order valence-corrected chi connectivity index (χ1v) is 7.48. The van der Waals surface area contributed by atoms with Crippen LogP contribution in [0, 0.1) is 0 Å². The number of hydrogen-bond donors (Lipinski definition) is 0. The van der Waals surface area contributed by atoms with Gasteiger partial charge < -0.3 is 14.4 Å². The van der Waals surface area contributed by atoms with Crippen LogP contribution in [0.1, 0.15) is 12.0 Å². The van der Waals surface area contributed by atoms with Gasteiger partial charge in [0.25, 0.3) is 0 Å². The van der Waals surface area contributed by atoms with Crippen LogP contribution < -0.4 is 4.90 Å². The summed E-state index contributed by atoms with van der Waals surface area (Å²) in [5.41, 5.74) is 2.19. The molecule has 1 aliphatic heterocycles. The van der Waals surface area contributed by atoms with E-state index in [1.807, 2.05) is 48.2 Å². The molecule has 1 aromatic rings. The number of ether oxygens (including phenoxy) is 2. The molecule has 124 valence electrons. The summed E-state index contributed by atoms with van der Waals surface area (Å²) < 4.78 is 9.79. The number of nitrogens with zero attached hydrogens (tertiary/aromatic N) is 2. The zero-order chi connectivity index (χ0) is 16.8. The van der Waals surface area contributed by atoms with Crippen molar-refractivity contribution in [3.8, 4) is 0 Å². The molecular weight excluding hydrogens is 296 g/mol. The summed E-state index contributed by atoms with van der Waals surface area (Å²) in [5.74, 6) is -0.876. The van der Waals surface area contributed by atoms with E-state index in [0.29, 0.717) is 19.7 Å². The van der Waals surface area contributed by atoms with E-state index < -0.39 is 12.0 Å². The fourth-order valence-electron chi connectivity index (χ4n) is 2.50. The second-order valence-corrected chi connectivity index (χ2v) is 5.58. The predicted octanol–water partition coefficient (Wildman–Crippen LogP) is 1.56. The average molecular weight is 318 g/mol. The van der Waals surface area contributed by atoms with Crippen LogP contribution in [0.4, 0.5) is 5.69 Å². The molecule has 0 amide bonds. The highest BCUT2D eigenvalue weighted by molar-refractivity contribution is 5.83. The summed E-state index contributed by atoms with van der Waals surface area (Å²) >= 11 is 0. The Bertz CT molecular complexity index is 568. The van der Waals surface area contributed by atoms with Gasteiger partial charge in [-0.05, 0) is 17.7 Å². The van der Waals surface area contributed by atoms with Crippen LogP contribution in [0.2, 0.25) is 0 Å². The second kappa shape index (κ2) is 7.78. The zero-order valence-electron chi connectivity index (χ0n) is 13.5. The highest BCUT2D eigenvalue weighted by Gasteiger charge is 2.33. The molecule has 0 saturated carbocycles. The SMILES string of the molecule is C=COC(=O)CC1C(=O)OCCN1Cc1ccc(N(C)C)cc1. The average Bonchev–Trinajstić information content (AvgIpc) is 2.51. The number of benzene rings is 1. The summed E-state index contributed by atoms with van der Waals surface area (Å²) in [6, 6.07) is 7.48. The van der Waals surface area contributed by atoms with Gasteiger partial charge in [0.2, 0.25) is 0 Å². The fourth-order valence-corrected chi connectivity index (χ4v) is 2.50. The van der Waals surface area contributed by atoms with Crippen LogP contribution in [0.25, 0.3) is 0 Å². The van der Waals surface area contributed by atoms with Gasteiger partial charge in [0.05, 0.1) is 12.7 Å². The third-order valence-corrected chi connectivity index (χ3v) is 3.75. The lowest BCUT2D eigenvalue weighted by molar-refractivity contribution is -0.162. The lowest BCUT2D eigenvalue weighted by Crippen LogP contribution is -2.49. The monoisotopic (exact) mass is 318 g/mol. The number of hydrogen-bond acceptors (Lipinski definition) is 6. The van der Waals surface area contributed by atoms with E-state index >= 15 is 0 Å². The van der Waals surface area contributed by atoms with Gasteiger partial charge >= 0.3 is 11.9 Å². The highest BCUT2D eigenvalue weighted by Crippen LogP contribution is 2.19. The van der Waals surface area contributed by atoms with Crippen LogP contribution >= 0.6 is 0 Å². The number of carbonyl (C=O) groups is 2. The van der Waals surface area contributed by atoms with Crippen molar-refractivity contribution in [2.45, 2.75) is 19.0 Å². The van der Waals surface area contributed by atoms with Crippen molar-refractivity contribution in [3.63, 3.8) is 0 Å². The molecule has 1 unspecified atom stereocenters. The van der Waals surface area contributed by atoms with Crippen LogP contribution in [-0.2, 0) is 25.6 Å². The van der Waals surface area contributed by atoms with Crippen LogP contribution in [0.3, 0.4) is 0 Å². The molecule has 1 saturated heterocycles. The minimum Gasteiger partial charge on any atom is -0.463 e. The molecule has 0 radical (unpaired) electrons. The van der Waals surface area contributed by atoms with E-state index in [1.54, 1.807) is 0 Å². The largest absolute Gasteiger partial charge is 0.463 e. The molecule has 0 spiro atoms. The van der Waals surface area contributed by atoms with E-state index in [2.05, 4.69) is 6.58 Å². The molecular formula is C17H22N2O4. The molecule has 0 N–H and O–H groups in total. The van der Waals surface area contributed by atoms with Crippen molar-refractivity contribution in [1.29, 1.82) is 0 Å². The van der Waals surface area contributed by atoms with E-state index in [0.717, 1.165) is 17.5 Å². The van der Waals surface area contributed by atoms with Crippen molar-refractivity contribution < 1.29 is 19.1 Å². The molecule has 23 heavy (non-hydrogen) atoms. The van der Waals surface area contributed by atoms with E-state index in [-0.39, 0.29) is 12.4 Å². The molecule has 0 aromatic heterocycles. The van der Waals surface area contributed by atoms with Gasteiger partial charge in [-0.3, -0.25) is 14.5 Å². The molecule has 0 bridgehead atoms. The van der Waals surface area contributed by atoms with E-state index in [1.165, 1.54) is 0 Å². The quantitative estimate of drug-likeness (QED) is 0.586. The maximum Gasteiger partial charge on any atom is 0.324 e. The third kappa shape index (κ3) is 4.56. The lowest BCUT2D eigenvalue weighted by Gasteiger charge is -2.33. The molecule has 1 heterocycles. The maximum atomic E-state index is 12.0. The number of carbonyl (C=O) groups excluding carboxylic acids is 2. The molecule has 1 aromatic carbocycles. The Balaban J connectivity index is 2.06. The molecule has 1 atom stereocenters. The smallest absolute Gasteiger partial charge is 0.324 e. The summed E-state index contributed by atoms with van der Waals surface area (Å²) in [4.78, 5) is 27.6. The van der Waals surface area contributed by atoms with E-state index in [9.17, 15) is 9.59 Å². The first kappa shape index (κ1) is 17.0. The first-order valence-electron chi connectivity index (χ1n) is 7.48. The van der Waals surface area contributed by atoms with E-state index in [4.69, 9.17) is 9.47 Å². The lowest BCUT2D eigenvalue weighted by atomic mass is 10.1. The maximum absolute atomic E-state index is 12.0. The standard InChI is InChI=1S/C17H22N2O4/c1-4-22-16(20)11-15-17(21)23-10-9-19(15)12-13-5-7-14(8-6-13)18(2)3/h4-8,15H,1,9-12H2,2-3H3. The molecule has 6 heteroatoms. The number of rotatable bonds is 6. The summed E-state index contributed by atoms with van der Waals surface area (Å²) in [7, 11) is 3.97. The Morgan fingerprint density at radius 2 is 2.13 bits per heavy atom. The Labute approximate surface area is 136 Å². The Morgan fingerprint density at radius 1 is 1.43 bits per heavy atom. The minimum atomic E-state index is -0.621. The first-order chi connectivity index (χ1) is 11.0. The number of cyclic esters (lactones) is 1. The predicted molar refractivity (Wildman–Crippen MR) is 86.8 cm³/mol. The highest BCUT2D eigenvalue weighted by atomic mass is 16.5. The Hall–Kier alpha value is -2.34. The third-order valence-electron chi connectivity index (χ3n) is 3.75. The summed E-state index contributed by atoms with van der Waals surface area (Å²) in [5, 5.41) is 0. The Morgan fingerprint density at radius 3 is 2.74 bits per heavy atom. The van der Waals surface area contributed by atoms with Gasteiger partial charge in [-0.25, -0.2) is 0 Å². The van der Waals surface area contributed by atoms with Gasteiger partial charge in [-0.2, -0.15) is 0 Å². The molecule has 6 nitrogen and oxygen atoms in total. The second-order valence-electron chi connectivity index (χ2n) is 5.58. The zero-order valence-corrected chi connectivity index (χ0v) is 13.5. The fraction of sp³-hybridized carbons (Fsp3) is 0.412. The van der Waals surface area contributed by atoms with Crippen molar-refractivity contribution >= 4 is 17.6 Å². The van der Waals surface area contributed by atoms with Crippen molar-refractivity contribution in [2.75, 3.05) is 32.1 Å². The van der Waals surface area contributed by atoms with Gasteiger partial charge in [0, 0.05) is 32.9 Å². The molecule has 0 aliphatic carbocycles. The van der Waals surface area contributed by atoms with Crippen molar-refractivity contribution in [3.05, 3.63) is 42.7 Å². The molecule has 2 rings (SSSR count). The molecule has 1 aliphatic rings. The van der Waals surface area contributed by atoms with Crippen LogP contribution in [-0.4, -0.2) is 50.1 Å². The topological polar surface area (TPSA) is 59.1 Å². The normalized spacial score (nSPS) is 18.2. The molecule has 1 fully saturated rings. The van der Waals surface area contributed by atoms with Gasteiger partial charge in [-0.15, -0.1) is 0 Å². The summed E-state index contributed by atoms with van der Waals surface area (Å²) in [6.45, 7) is 4.85. The van der Waals surface area contributed by atoms with Crippen molar-refractivity contribution in [1.82, 2.24) is 4.90 Å². The van der Waals surface area contributed by atoms with Gasteiger partial charge in [0.15, 0.2) is 0 Å². The number of esters is 2. The minimum absolute atomic E-state index is 0.0410. The van der Waals surface area contributed by atoms with Gasteiger partial charge in [0.1, 0.15) is 12.6 Å². The van der Waals surface area contributed by atoms with Crippen molar-refractivity contribution in [2.24, 2.45) is 0 Å². The Kier molecular flexibility index (Phi) is 5.76. The summed E-state index contributed by atoms with van der Waals surface area (Å²) in [6.07, 6.45) is 1.03. The number of morpholine rings is 1. The van der Waals surface area contributed by atoms with Gasteiger partial charge in [-0.1, -0.05) is 18.7 Å².